The summed E-state index contributed by atoms with van der Waals surface area (Å²) in [6, 6.07) is 0. The van der Waals surface area contributed by atoms with Crippen LogP contribution in [0.15, 0.2) is 12.7 Å². The van der Waals surface area contributed by atoms with E-state index in [4.69, 9.17) is 4.18 Å². The molecule has 0 N–H and O–H groups in total. The van der Waals surface area contributed by atoms with Crippen molar-refractivity contribution in [2.45, 2.75) is 25.7 Å². The van der Waals surface area contributed by atoms with Gasteiger partial charge < -0.3 is 0 Å². The third-order valence-electron chi connectivity index (χ3n) is 2.57. The molecule has 1 fully saturated rings. The molecule has 13 heavy (non-hydrogen) atoms. The largest absolute Gasteiger partial charge is 0.270 e. The second-order valence-corrected chi connectivity index (χ2v) is 5.46. The van der Waals surface area contributed by atoms with Crippen LogP contribution < -0.4 is 0 Å². The summed E-state index contributed by atoms with van der Waals surface area (Å²) in [4.78, 5) is 0. The summed E-state index contributed by atoms with van der Waals surface area (Å²) in [6.07, 6.45) is 7.05. The Morgan fingerprint density at radius 1 is 1.54 bits per heavy atom. The SMILES string of the molecule is C=CCC1(COS(C)(=O)=O)CCC1. The highest BCUT2D eigenvalue weighted by molar-refractivity contribution is 7.85. The Balaban J connectivity index is 2.45. The zero-order valence-electron chi connectivity index (χ0n) is 7.95. The molecule has 0 spiro atoms. The summed E-state index contributed by atoms with van der Waals surface area (Å²) < 4.78 is 26.4. The van der Waals surface area contributed by atoms with E-state index in [1.807, 2.05) is 6.08 Å². The molecule has 3 nitrogen and oxygen atoms in total. The summed E-state index contributed by atoms with van der Waals surface area (Å²) in [5, 5.41) is 0. The molecule has 1 rings (SSSR count). The Labute approximate surface area is 79.9 Å². The van der Waals surface area contributed by atoms with E-state index in [0.717, 1.165) is 25.5 Å². The van der Waals surface area contributed by atoms with Gasteiger partial charge in [0.25, 0.3) is 10.1 Å². The topological polar surface area (TPSA) is 43.4 Å². The van der Waals surface area contributed by atoms with E-state index in [1.54, 1.807) is 0 Å². The smallest absolute Gasteiger partial charge is 0.264 e. The van der Waals surface area contributed by atoms with Crippen molar-refractivity contribution in [2.75, 3.05) is 12.9 Å². The first-order valence-corrected chi connectivity index (χ1v) is 6.24. The van der Waals surface area contributed by atoms with E-state index < -0.39 is 10.1 Å². The molecule has 1 saturated carbocycles. The second kappa shape index (κ2) is 3.80. The molecule has 0 aromatic heterocycles. The molecule has 0 aromatic rings. The lowest BCUT2D eigenvalue weighted by Crippen LogP contribution is -2.34. The van der Waals surface area contributed by atoms with Crippen LogP contribution in [0.5, 0.6) is 0 Å². The monoisotopic (exact) mass is 204 g/mol. The van der Waals surface area contributed by atoms with Gasteiger partial charge in [-0.15, -0.1) is 6.58 Å². The standard InChI is InChI=1S/C9H16O3S/c1-3-5-9(6-4-7-9)8-12-13(2,10)11/h3H,1,4-8H2,2H3. The lowest BCUT2D eigenvalue weighted by Gasteiger charge is -2.40. The fraction of sp³-hybridized carbons (Fsp3) is 0.778. The van der Waals surface area contributed by atoms with Crippen molar-refractivity contribution in [3.63, 3.8) is 0 Å². The van der Waals surface area contributed by atoms with Crippen molar-refractivity contribution in [3.8, 4) is 0 Å². The molecule has 0 atom stereocenters. The van der Waals surface area contributed by atoms with Gasteiger partial charge in [-0.25, -0.2) is 0 Å². The molecular formula is C9H16O3S. The van der Waals surface area contributed by atoms with Crippen LogP contribution in [-0.2, 0) is 14.3 Å². The molecular weight excluding hydrogens is 188 g/mol. The van der Waals surface area contributed by atoms with Crippen molar-refractivity contribution in [2.24, 2.45) is 5.41 Å². The molecule has 1 aliphatic carbocycles. The van der Waals surface area contributed by atoms with Gasteiger partial charge >= 0.3 is 0 Å². The minimum atomic E-state index is -3.29. The average Bonchev–Trinajstić information content (AvgIpc) is 1.92. The lowest BCUT2D eigenvalue weighted by atomic mass is 9.67. The van der Waals surface area contributed by atoms with Gasteiger partial charge in [0.15, 0.2) is 0 Å². The van der Waals surface area contributed by atoms with Gasteiger partial charge in [-0.3, -0.25) is 4.18 Å². The summed E-state index contributed by atoms with van der Waals surface area (Å²) >= 11 is 0. The van der Waals surface area contributed by atoms with Gasteiger partial charge in [0.2, 0.25) is 0 Å². The van der Waals surface area contributed by atoms with Crippen molar-refractivity contribution in [1.29, 1.82) is 0 Å². The van der Waals surface area contributed by atoms with Crippen LogP contribution in [0.4, 0.5) is 0 Å². The predicted molar refractivity (Wildman–Crippen MR) is 51.9 cm³/mol. The van der Waals surface area contributed by atoms with Crippen molar-refractivity contribution >= 4 is 10.1 Å². The molecule has 0 heterocycles. The third kappa shape index (κ3) is 3.12. The molecule has 0 aliphatic heterocycles. The quantitative estimate of drug-likeness (QED) is 0.506. The van der Waals surface area contributed by atoms with Crippen LogP contribution in [0.1, 0.15) is 25.7 Å². The molecule has 0 aromatic carbocycles. The maximum atomic E-state index is 10.8. The maximum Gasteiger partial charge on any atom is 0.264 e. The summed E-state index contributed by atoms with van der Waals surface area (Å²) in [5.41, 5.74) is 0.0603. The van der Waals surface area contributed by atoms with Crippen molar-refractivity contribution < 1.29 is 12.6 Å². The first-order chi connectivity index (χ1) is 5.97. The van der Waals surface area contributed by atoms with Crippen LogP contribution in [0.3, 0.4) is 0 Å². The molecule has 0 radical (unpaired) electrons. The Bertz CT molecular complexity index is 275. The number of hydrogen-bond acceptors (Lipinski definition) is 3. The van der Waals surface area contributed by atoms with Gasteiger partial charge in [0, 0.05) is 0 Å². The minimum absolute atomic E-state index is 0.0603. The highest BCUT2D eigenvalue weighted by Gasteiger charge is 2.36. The lowest BCUT2D eigenvalue weighted by molar-refractivity contribution is 0.0647. The van der Waals surface area contributed by atoms with Crippen LogP contribution in [0.2, 0.25) is 0 Å². The van der Waals surface area contributed by atoms with E-state index in [1.165, 1.54) is 6.42 Å². The average molecular weight is 204 g/mol. The summed E-state index contributed by atoms with van der Waals surface area (Å²) in [6.45, 7) is 3.98. The minimum Gasteiger partial charge on any atom is -0.270 e. The first kappa shape index (κ1) is 10.7. The molecule has 76 valence electrons. The van der Waals surface area contributed by atoms with Gasteiger partial charge in [0.1, 0.15) is 0 Å². The number of allylic oxidation sites excluding steroid dienone is 1. The fourth-order valence-corrected chi connectivity index (χ4v) is 2.09. The van der Waals surface area contributed by atoms with Crippen LogP contribution in [0.25, 0.3) is 0 Å². The maximum absolute atomic E-state index is 10.8. The molecule has 0 saturated heterocycles. The summed E-state index contributed by atoms with van der Waals surface area (Å²) in [5.74, 6) is 0. The van der Waals surface area contributed by atoms with Crippen LogP contribution in [-0.4, -0.2) is 21.3 Å². The van der Waals surface area contributed by atoms with Crippen LogP contribution >= 0.6 is 0 Å². The summed E-state index contributed by atoms with van der Waals surface area (Å²) in [7, 11) is -3.29. The molecule has 4 heteroatoms. The molecule has 0 amide bonds. The zero-order chi connectivity index (χ0) is 9.95. The van der Waals surface area contributed by atoms with E-state index in [2.05, 4.69) is 6.58 Å². The van der Waals surface area contributed by atoms with Crippen LogP contribution in [0, 0.1) is 5.41 Å². The van der Waals surface area contributed by atoms with E-state index in [0.29, 0.717) is 6.61 Å². The molecule has 0 bridgehead atoms. The Morgan fingerprint density at radius 2 is 2.15 bits per heavy atom. The van der Waals surface area contributed by atoms with Crippen molar-refractivity contribution in [1.82, 2.24) is 0 Å². The Hall–Kier alpha value is -0.350. The first-order valence-electron chi connectivity index (χ1n) is 4.43. The van der Waals surface area contributed by atoms with Gasteiger partial charge in [-0.05, 0) is 24.7 Å². The van der Waals surface area contributed by atoms with E-state index in [9.17, 15) is 8.42 Å². The normalized spacial score (nSPS) is 20.7. The highest BCUT2D eigenvalue weighted by Crippen LogP contribution is 2.44. The highest BCUT2D eigenvalue weighted by atomic mass is 32.2. The zero-order valence-corrected chi connectivity index (χ0v) is 8.77. The van der Waals surface area contributed by atoms with Gasteiger partial charge in [-0.2, -0.15) is 8.42 Å². The van der Waals surface area contributed by atoms with Gasteiger partial charge in [-0.1, -0.05) is 12.5 Å². The Kier molecular flexibility index (Phi) is 3.14. The molecule has 0 unspecified atom stereocenters. The van der Waals surface area contributed by atoms with E-state index in [-0.39, 0.29) is 5.41 Å². The number of hydrogen-bond donors (Lipinski definition) is 0. The van der Waals surface area contributed by atoms with Crippen molar-refractivity contribution in [3.05, 3.63) is 12.7 Å². The van der Waals surface area contributed by atoms with Gasteiger partial charge in [0.05, 0.1) is 12.9 Å². The third-order valence-corrected chi connectivity index (χ3v) is 3.12. The fourth-order valence-electron chi connectivity index (χ4n) is 1.62. The van der Waals surface area contributed by atoms with E-state index >= 15 is 0 Å². The predicted octanol–water partition coefficient (Wildman–Crippen LogP) is 1.71. The second-order valence-electron chi connectivity index (χ2n) is 3.81. The number of rotatable bonds is 5. The Morgan fingerprint density at radius 3 is 2.46 bits per heavy atom. The molecule has 1 aliphatic rings.